The molecule has 0 saturated carbocycles. The Bertz CT molecular complexity index is 525. The molecule has 0 radical (unpaired) electrons. The molecule has 0 aromatic carbocycles. The van der Waals surface area contributed by atoms with E-state index in [2.05, 4.69) is 27.3 Å². The molecule has 2 rings (SSSR count). The molecule has 102 valence electrons. The number of hydrogen-bond acceptors (Lipinski definition) is 4. The van der Waals surface area contributed by atoms with Gasteiger partial charge < -0.3 is 5.32 Å². The van der Waals surface area contributed by atoms with Crippen molar-refractivity contribution in [2.75, 3.05) is 6.54 Å². The van der Waals surface area contributed by atoms with Gasteiger partial charge in [0.25, 0.3) is 0 Å². The molecule has 0 aliphatic heterocycles. The van der Waals surface area contributed by atoms with Gasteiger partial charge in [-0.15, -0.1) is 0 Å². The summed E-state index contributed by atoms with van der Waals surface area (Å²) >= 11 is 6.23. The molecule has 1 unspecified atom stereocenters. The molecule has 2 aromatic rings. The van der Waals surface area contributed by atoms with Crippen LogP contribution >= 0.6 is 11.6 Å². The SMILES string of the molecule is CCCNC(Cc1ncnn1C)c1ncccc1Cl. The fraction of sp³-hybridized carbons (Fsp3) is 0.462. The van der Waals surface area contributed by atoms with Gasteiger partial charge in [-0.1, -0.05) is 18.5 Å². The van der Waals surface area contributed by atoms with Gasteiger partial charge in [-0.05, 0) is 25.1 Å². The van der Waals surface area contributed by atoms with Gasteiger partial charge in [0.2, 0.25) is 0 Å². The molecule has 0 spiro atoms. The third-order valence-corrected chi connectivity index (χ3v) is 3.27. The maximum Gasteiger partial charge on any atom is 0.138 e. The molecular weight excluding hydrogens is 262 g/mol. The Labute approximate surface area is 118 Å². The first-order chi connectivity index (χ1) is 9.22. The lowest BCUT2D eigenvalue weighted by Crippen LogP contribution is -2.26. The molecular formula is C13H18ClN5. The van der Waals surface area contributed by atoms with E-state index in [9.17, 15) is 0 Å². The molecule has 2 aromatic heterocycles. The van der Waals surface area contributed by atoms with Crippen LogP contribution in [0.5, 0.6) is 0 Å². The van der Waals surface area contributed by atoms with Crippen LogP contribution in [0.25, 0.3) is 0 Å². The van der Waals surface area contributed by atoms with Crippen LogP contribution in [0, 0.1) is 0 Å². The molecule has 0 amide bonds. The molecule has 0 saturated heterocycles. The van der Waals surface area contributed by atoms with Crippen LogP contribution in [0.1, 0.15) is 30.9 Å². The average Bonchev–Trinajstić information content (AvgIpc) is 2.81. The van der Waals surface area contributed by atoms with Gasteiger partial charge in [0, 0.05) is 19.7 Å². The summed E-state index contributed by atoms with van der Waals surface area (Å²) in [6.45, 7) is 3.04. The van der Waals surface area contributed by atoms with Crippen LogP contribution in [0.4, 0.5) is 0 Å². The molecule has 0 aliphatic carbocycles. The molecule has 0 bridgehead atoms. The number of rotatable bonds is 6. The molecule has 19 heavy (non-hydrogen) atoms. The second-order valence-electron chi connectivity index (χ2n) is 4.38. The first kappa shape index (κ1) is 14.0. The van der Waals surface area contributed by atoms with Gasteiger partial charge in [0.05, 0.1) is 16.8 Å². The van der Waals surface area contributed by atoms with Crippen LogP contribution in [0.3, 0.4) is 0 Å². The number of nitrogens with zero attached hydrogens (tertiary/aromatic N) is 4. The Balaban J connectivity index is 2.21. The van der Waals surface area contributed by atoms with E-state index in [1.54, 1.807) is 17.2 Å². The maximum absolute atomic E-state index is 6.23. The number of pyridine rings is 1. The van der Waals surface area contributed by atoms with E-state index in [-0.39, 0.29) is 6.04 Å². The minimum Gasteiger partial charge on any atom is -0.308 e. The summed E-state index contributed by atoms with van der Waals surface area (Å²) in [7, 11) is 1.89. The van der Waals surface area contributed by atoms with Gasteiger partial charge in [0.1, 0.15) is 12.2 Å². The Morgan fingerprint density at radius 1 is 1.42 bits per heavy atom. The fourth-order valence-corrected chi connectivity index (χ4v) is 2.18. The molecule has 0 aliphatic rings. The highest BCUT2D eigenvalue weighted by atomic mass is 35.5. The Morgan fingerprint density at radius 3 is 2.89 bits per heavy atom. The fourth-order valence-electron chi connectivity index (χ4n) is 1.93. The van der Waals surface area contributed by atoms with Crippen molar-refractivity contribution in [1.29, 1.82) is 0 Å². The first-order valence-corrected chi connectivity index (χ1v) is 6.76. The third kappa shape index (κ3) is 3.52. The Kier molecular flexibility index (Phi) is 4.87. The minimum atomic E-state index is 0.0524. The number of hydrogen-bond donors (Lipinski definition) is 1. The van der Waals surface area contributed by atoms with Crippen LogP contribution in [-0.4, -0.2) is 26.3 Å². The summed E-state index contributed by atoms with van der Waals surface area (Å²) in [4.78, 5) is 8.65. The summed E-state index contributed by atoms with van der Waals surface area (Å²) in [5.74, 6) is 0.912. The topological polar surface area (TPSA) is 55.6 Å². The van der Waals surface area contributed by atoms with E-state index in [4.69, 9.17) is 11.6 Å². The van der Waals surface area contributed by atoms with Crippen LogP contribution in [0.2, 0.25) is 5.02 Å². The van der Waals surface area contributed by atoms with E-state index in [0.29, 0.717) is 11.4 Å². The largest absolute Gasteiger partial charge is 0.308 e. The molecule has 5 nitrogen and oxygen atoms in total. The van der Waals surface area contributed by atoms with E-state index >= 15 is 0 Å². The van der Waals surface area contributed by atoms with E-state index in [1.165, 1.54) is 0 Å². The number of nitrogens with one attached hydrogen (secondary N) is 1. The monoisotopic (exact) mass is 279 g/mol. The van der Waals surface area contributed by atoms with Crippen molar-refractivity contribution in [1.82, 2.24) is 25.1 Å². The minimum absolute atomic E-state index is 0.0524. The summed E-state index contributed by atoms with van der Waals surface area (Å²) in [6.07, 6.45) is 5.09. The summed E-state index contributed by atoms with van der Waals surface area (Å²) in [6, 6.07) is 3.75. The lowest BCUT2D eigenvalue weighted by molar-refractivity contribution is 0.497. The highest BCUT2D eigenvalue weighted by molar-refractivity contribution is 6.31. The van der Waals surface area contributed by atoms with Crippen molar-refractivity contribution in [2.24, 2.45) is 7.05 Å². The average molecular weight is 280 g/mol. The lowest BCUT2D eigenvalue weighted by Gasteiger charge is -2.18. The van der Waals surface area contributed by atoms with E-state index < -0.39 is 0 Å². The summed E-state index contributed by atoms with van der Waals surface area (Å²) in [5.41, 5.74) is 0.862. The highest BCUT2D eigenvalue weighted by Gasteiger charge is 2.18. The van der Waals surface area contributed by atoms with E-state index in [1.807, 2.05) is 19.2 Å². The molecule has 0 fully saturated rings. The summed E-state index contributed by atoms with van der Waals surface area (Å²) < 4.78 is 1.78. The van der Waals surface area contributed by atoms with Crippen molar-refractivity contribution in [3.8, 4) is 0 Å². The Morgan fingerprint density at radius 2 is 2.26 bits per heavy atom. The smallest absolute Gasteiger partial charge is 0.138 e. The third-order valence-electron chi connectivity index (χ3n) is 2.95. The normalized spacial score (nSPS) is 12.6. The zero-order chi connectivity index (χ0) is 13.7. The number of aromatic nitrogens is 4. The van der Waals surface area contributed by atoms with Crippen LogP contribution in [0.15, 0.2) is 24.7 Å². The quantitative estimate of drug-likeness (QED) is 0.880. The lowest BCUT2D eigenvalue weighted by atomic mass is 10.1. The van der Waals surface area contributed by atoms with Crippen LogP contribution in [-0.2, 0) is 13.5 Å². The second kappa shape index (κ2) is 6.63. The van der Waals surface area contributed by atoms with Crippen molar-refractivity contribution in [2.45, 2.75) is 25.8 Å². The zero-order valence-electron chi connectivity index (χ0n) is 11.2. The predicted octanol–water partition coefficient (Wildman–Crippen LogP) is 2.15. The zero-order valence-corrected chi connectivity index (χ0v) is 11.9. The van der Waals surface area contributed by atoms with Crippen molar-refractivity contribution in [3.05, 3.63) is 41.2 Å². The van der Waals surface area contributed by atoms with Gasteiger partial charge in [-0.3, -0.25) is 9.67 Å². The molecule has 1 atom stereocenters. The van der Waals surface area contributed by atoms with Gasteiger partial charge in [0.15, 0.2) is 0 Å². The van der Waals surface area contributed by atoms with Gasteiger partial charge >= 0.3 is 0 Å². The predicted molar refractivity (Wildman–Crippen MR) is 75.0 cm³/mol. The van der Waals surface area contributed by atoms with Crippen molar-refractivity contribution >= 4 is 11.6 Å². The highest BCUT2D eigenvalue weighted by Crippen LogP contribution is 2.22. The summed E-state index contributed by atoms with van der Waals surface area (Å²) in [5, 5.41) is 8.23. The van der Waals surface area contributed by atoms with Crippen molar-refractivity contribution in [3.63, 3.8) is 0 Å². The van der Waals surface area contributed by atoms with Crippen molar-refractivity contribution < 1.29 is 0 Å². The molecule has 1 N–H and O–H groups in total. The number of aryl methyl sites for hydroxylation is 1. The van der Waals surface area contributed by atoms with Gasteiger partial charge in [-0.25, -0.2) is 4.98 Å². The Hall–Kier alpha value is -1.46. The van der Waals surface area contributed by atoms with E-state index in [0.717, 1.165) is 24.5 Å². The van der Waals surface area contributed by atoms with Gasteiger partial charge in [-0.2, -0.15) is 5.10 Å². The second-order valence-corrected chi connectivity index (χ2v) is 4.79. The first-order valence-electron chi connectivity index (χ1n) is 6.39. The van der Waals surface area contributed by atoms with Crippen LogP contribution < -0.4 is 5.32 Å². The molecule has 2 heterocycles. The number of halogens is 1. The standard InChI is InChI=1S/C13H18ClN5/c1-3-6-15-11(8-12-17-9-18-19(12)2)13-10(14)5-4-7-16-13/h4-5,7,9,11,15H,3,6,8H2,1-2H3. The molecule has 6 heteroatoms. The maximum atomic E-state index is 6.23.